The summed E-state index contributed by atoms with van der Waals surface area (Å²) < 4.78 is 33.0. The average molecular weight is 533 g/mol. The number of hydrogen-bond donors (Lipinski definition) is 0. The normalized spacial score (nSPS) is 30.3. The lowest BCUT2D eigenvalue weighted by Crippen LogP contribution is -2.53. The zero-order chi connectivity index (χ0) is 23.4. The number of carbonyl (C=O) groups excluding carboxylic acids is 1. The van der Waals surface area contributed by atoms with Gasteiger partial charge in [-0.15, -0.1) is 0 Å². The van der Waals surface area contributed by atoms with Crippen molar-refractivity contribution >= 4 is 37.6 Å². The van der Waals surface area contributed by atoms with Crippen molar-refractivity contribution in [2.45, 2.75) is 61.1 Å². The largest absolute Gasteiger partial charge is 0.427 e. The molecule has 4 fully saturated rings. The van der Waals surface area contributed by atoms with Gasteiger partial charge in [-0.05, 0) is 99.1 Å². The summed E-state index contributed by atoms with van der Waals surface area (Å²) in [6.45, 7) is 1.92. The predicted molar refractivity (Wildman–Crippen MR) is 132 cm³/mol. The van der Waals surface area contributed by atoms with E-state index < -0.39 is 10.0 Å². The van der Waals surface area contributed by atoms with E-state index in [1.165, 1.54) is 30.6 Å². The Balaban J connectivity index is 1.25. The van der Waals surface area contributed by atoms with Crippen molar-refractivity contribution in [3.63, 3.8) is 0 Å². The molecule has 0 spiro atoms. The van der Waals surface area contributed by atoms with Gasteiger partial charge in [0.05, 0.1) is 17.0 Å². The van der Waals surface area contributed by atoms with E-state index in [2.05, 4.69) is 15.9 Å². The molecule has 4 bridgehead atoms. The number of nitrogens with zero attached hydrogens (tertiary/aromatic N) is 1. The van der Waals surface area contributed by atoms with Gasteiger partial charge in [0, 0.05) is 11.4 Å². The maximum absolute atomic E-state index is 12.9. The van der Waals surface area contributed by atoms with E-state index in [4.69, 9.17) is 4.74 Å². The first kappa shape index (κ1) is 22.9. The van der Waals surface area contributed by atoms with Gasteiger partial charge in [-0.2, -0.15) is 0 Å². The van der Waals surface area contributed by atoms with Gasteiger partial charge in [0.25, 0.3) is 10.0 Å². The Morgan fingerprint density at radius 1 is 1.03 bits per heavy atom. The number of ether oxygens (including phenoxy) is 1. The second-order valence-electron chi connectivity index (χ2n) is 10.5. The summed E-state index contributed by atoms with van der Waals surface area (Å²) in [7, 11) is -2.13. The third-order valence-corrected chi connectivity index (χ3v) is 10.5. The Morgan fingerprint density at radius 3 is 2.21 bits per heavy atom. The summed E-state index contributed by atoms with van der Waals surface area (Å²) in [5, 5.41) is 0. The van der Waals surface area contributed by atoms with Crippen LogP contribution in [0.1, 0.15) is 50.5 Å². The van der Waals surface area contributed by atoms with Crippen molar-refractivity contribution in [3.05, 3.63) is 54.1 Å². The van der Waals surface area contributed by atoms with Gasteiger partial charge in [0.2, 0.25) is 0 Å². The lowest BCUT2D eigenvalue weighted by atomic mass is 9.49. The van der Waals surface area contributed by atoms with Crippen LogP contribution >= 0.6 is 15.9 Å². The number of alkyl halides is 1. The quantitative estimate of drug-likeness (QED) is 0.266. The maximum atomic E-state index is 12.9. The zero-order valence-electron chi connectivity index (χ0n) is 19.1. The number of benzene rings is 2. The van der Waals surface area contributed by atoms with Crippen molar-refractivity contribution < 1.29 is 17.9 Å². The van der Waals surface area contributed by atoms with Crippen LogP contribution in [-0.2, 0) is 14.8 Å². The van der Waals surface area contributed by atoms with Crippen LogP contribution in [0.3, 0.4) is 0 Å². The minimum atomic E-state index is -3.66. The first-order valence-electron chi connectivity index (χ1n) is 11.6. The molecule has 4 aliphatic carbocycles. The lowest BCUT2D eigenvalue weighted by Gasteiger charge is -2.60. The smallest absolute Gasteiger partial charge is 0.311 e. The van der Waals surface area contributed by atoms with Gasteiger partial charge in [0.15, 0.2) is 0 Å². The first-order chi connectivity index (χ1) is 15.6. The second-order valence-corrected chi connectivity index (χ2v) is 14.2. The number of halogens is 1. The third kappa shape index (κ3) is 4.46. The van der Waals surface area contributed by atoms with Crippen molar-refractivity contribution in [2.75, 3.05) is 11.4 Å². The minimum Gasteiger partial charge on any atom is -0.427 e. The molecule has 176 valence electrons. The highest BCUT2D eigenvalue weighted by Gasteiger charge is 2.57. The highest BCUT2D eigenvalue weighted by molar-refractivity contribution is 9.10. The summed E-state index contributed by atoms with van der Waals surface area (Å²) in [6, 6.07) is 13.5. The minimum absolute atomic E-state index is 0.0624. The highest BCUT2D eigenvalue weighted by atomic mass is 79.9. The number of sulfonamides is 1. The Kier molecular flexibility index (Phi) is 5.64. The van der Waals surface area contributed by atoms with Gasteiger partial charge in [-0.25, -0.2) is 8.42 Å². The third-order valence-electron chi connectivity index (χ3n) is 7.74. The molecular weight excluding hydrogens is 502 g/mol. The number of hydrogen-bond acceptors (Lipinski definition) is 4. The van der Waals surface area contributed by atoms with Crippen molar-refractivity contribution in [1.29, 1.82) is 0 Å². The maximum Gasteiger partial charge on any atom is 0.311 e. The summed E-state index contributed by atoms with van der Waals surface area (Å²) in [4.78, 5) is 13.1. The molecule has 0 N–H and O–H groups in total. The van der Waals surface area contributed by atoms with Crippen LogP contribution in [0.4, 0.5) is 5.69 Å². The molecule has 4 saturated carbocycles. The van der Waals surface area contributed by atoms with Crippen LogP contribution in [-0.4, -0.2) is 25.8 Å². The van der Waals surface area contributed by atoms with Gasteiger partial charge < -0.3 is 4.74 Å². The summed E-state index contributed by atoms with van der Waals surface area (Å²) in [5.74, 6) is 1.71. The molecule has 33 heavy (non-hydrogen) atoms. The van der Waals surface area contributed by atoms with Gasteiger partial charge in [-0.1, -0.05) is 33.6 Å². The monoisotopic (exact) mass is 531 g/mol. The SMILES string of the molecule is Cc1ccc(S(=O)(=O)N(C)c2ccc(OC(=O)CC34C[C@@H]5C[C@@H](CC(Br)(C5)C3)C4)cc2)cc1. The Labute approximate surface area is 204 Å². The molecule has 0 aromatic heterocycles. The van der Waals surface area contributed by atoms with Crippen LogP contribution in [0.5, 0.6) is 5.75 Å². The highest BCUT2D eigenvalue weighted by Crippen LogP contribution is 2.65. The standard InChI is InChI=1S/C26H30BrNO4S/c1-18-3-9-23(10-4-18)33(30,31)28(2)21-5-7-22(8-6-21)32-24(29)16-25-12-19-11-20(13-25)15-26(27,14-19)17-25/h3-10,19-20H,11-17H2,1-2H3/t19-,20+,25?,26?. The van der Waals surface area contributed by atoms with E-state index in [1.54, 1.807) is 48.5 Å². The molecule has 7 heteroatoms. The molecule has 0 heterocycles. The molecule has 5 nitrogen and oxygen atoms in total. The van der Waals surface area contributed by atoms with Crippen molar-refractivity contribution in [2.24, 2.45) is 17.3 Å². The van der Waals surface area contributed by atoms with Crippen molar-refractivity contribution in [1.82, 2.24) is 0 Å². The fourth-order valence-corrected chi connectivity index (χ4v) is 9.45. The van der Waals surface area contributed by atoms with E-state index in [9.17, 15) is 13.2 Å². The van der Waals surface area contributed by atoms with E-state index in [1.807, 2.05) is 6.92 Å². The predicted octanol–water partition coefficient (Wildman–Crippen LogP) is 5.85. The fraction of sp³-hybridized carbons (Fsp3) is 0.500. The van der Waals surface area contributed by atoms with Crippen LogP contribution in [0.2, 0.25) is 0 Å². The summed E-state index contributed by atoms with van der Waals surface area (Å²) >= 11 is 4.00. The van der Waals surface area contributed by atoms with Crippen LogP contribution in [0.15, 0.2) is 53.4 Å². The molecule has 4 atom stereocenters. The van der Waals surface area contributed by atoms with Crippen LogP contribution < -0.4 is 9.04 Å². The topological polar surface area (TPSA) is 63.7 Å². The number of carbonyl (C=O) groups is 1. The van der Waals surface area contributed by atoms with Gasteiger partial charge >= 0.3 is 5.97 Å². The molecule has 0 saturated heterocycles. The molecule has 4 aliphatic rings. The molecule has 2 aromatic rings. The van der Waals surface area contributed by atoms with Crippen LogP contribution in [0, 0.1) is 24.2 Å². The number of anilines is 1. The molecule has 2 aromatic carbocycles. The lowest BCUT2D eigenvalue weighted by molar-refractivity contribution is -0.141. The van der Waals surface area contributed by atoms with Crippen molar-refractivity contribution in [3.8, 4) is 5.75 Å². The molecule has 0 amide bonds. The first-order valence-corrected chi connectivity index (χ1v) is 13.8. The van der Waals surface area contributed by atoms with Gasteiger partial charge in [-0.3, -0.25) is 9.10 Å². The number of aryl methyl sites for hydroxylation is 1. The Bertz CT molecular complexity index is 1150. The molecule has 2 unspecified atom stereocenters. The zero-order valence-corrected chi connectivity index (χ0v) is 21.5. The molecule has 6 rings (SSSR count). The summed E-state index contributed by atoms with van der Waals surface area (Å²) in [6.07, 6.45) is 7.56. The second kappa shape index (κ2) is 8.12. The van der Waals surface area contributed by atoms with E-state index in [-0.39, 0.29) is 20.6 Å². The van der Waals surface area contributed by atoms with Crippen LogP contribution in [0.25, 0.3) is 0 Å². The Morgan fingerprint density at radius 2 is 1.64 bits per heavy atom. The van der Waals surface area contributed by atoms with Gasteiger partial charge in [0.1, 0.15) is 5.75 Å². The molecule has 0 radical (unpaired) electrons. The summed E-state index contributed by atoms with van der Waals surface area (Å²) in [5.41, 5.74) is 1.58. The van der Waals surface area contributed by atoms with E-state index >= 15 is 0 Å². The molecular formula is C26H30BrNO4S. The van der Waals surface area contributed by atoms with E-state index in [0.717, 1.165) is 36.7 Å². The fourth-order valence-electron chi connectivity index (χ4n) is 6.75. The number of rotatable bonds is 6. The van der Waals surface area contributed by atoms with E-state index in [0.29, 0.717) is 17.9 Å². The average Bonchev–Trinajstić information content (AvgIpc) is 2.72. The molecule has 0 aliphatic heterocycles. The Hall–Kier alpha value is -1.86. The number of esters is 1.